The number of rotatable bonds is 4. The fourth-order valence-electron chi connectivity index (χ4n) is 2.52. The zero-order chi connectivity index (χ0) is 14.7. The van der Waals surface area contributed by atoms with Crippen LogP contribution in [0.3, 0.4) is 0 Å². The van der Waals surface area contributed by atoms with Gasteiger partial charge in [0.2, 0.25) is 0 Å². The van der Waals surface area contributed by atoms with Crippen LogP contribution in [0.1, 0.15) is 18.5 Å². The van der Waals surface area contributed by atoms with Crippen LogP contribution in [0.2, 0.25) is 0 Å². The lowest BCUT2D eigenvalue weighted by molar-refractivity contribution is 0.414. The second-order valence-corrected chi connectivity index (χ2v) is 5.20. The Hall–Kier alpha value is -2.48. The summed E-state index contributed by atoms with van der Waals surface area (Å²) in [5.41, 5.74) is 2.34. The topological polar surface area (TPSA) is 21.3 Å². The molecule has 0 aliphatic carbocycles. The number of hydrogen-bond acceptors (Lipinski definition) is 2. The molecule has 1 atom stereocenters. The fraction of sp³-hybridized carbons (Fsp3) is 0.158. The zero-order valence-electron chi connectivity index (χ0n) is 12.3. The van der Waals surface area contributed by atoms with Crippen molar-refractivity contribution in [2.24, 2.45) is 0 Å². The van der Waals surface area contributed by atoms with Crippen molar-refractivity contribution >= 4 is 16.5 Å². The SMILES string of the molecule is COc1cccc(C(C)Nc2ccc3ccccc3c2)c1. The Morgan fingerprint density at radius 1 is 0.857 bits per heavy atom. The highest BCUT2D eigenvalue weighted by molar-refractivity contribution is 5.85. The van der Waals surface area contributed by atoms with Crippen molar-refractivity contribution in [1.29, 1.82) is 0 Å². The Kier molecular flexibility index (Phi) is 3.78. The maximum absolute atomic E-state index is 5.29. The quantitative estimate of drug-likeness (QED) is 0.723. The molecule has 3 aromatic rings. The monoisotopic (exact) mass is 277 g/mol. The van der Waals surface area contributed by atoms with Gasteiger partial charge in [0.25, 0.3) is 0 Å². The van der Waals surface area contributed by atoms with Gasteiger partial charge in [0, 0.05) is 11.7 Å². The number of hydrogen-bond donors (Lipinski definition) is 1. The fourth-order valence-corrected chi connectivity index (χ4v) is 2.52. The third-order valence-corrected chi connectivity index (χ3v) is 3.73. The van der Waals surface area contributed by atoms with E-state index >= 15 is 0 Å². The van der Waals surface area contributed by atoms with E-state index in [9.17, 15) is 0 Å². The molecule has 3 rings (SSSR count). The molecule has 0 saturated heterocycles. The third-order valence-electron chi connectivity index (χ3n) is 3.73. The first-order valence-corrected chi connectivity index (χ1v) is 7.15. The van der Waals surface area contributed by atoms with Crippen molar-refractivity contribution in [2.45, 2.75) is 13.0 Å². The molecule has 106 valence electrons. The molecule has 0 bridgehead atoms. The summed E-state index contributed by atoms with van der Waals surface area (Å²) < 4.78 is 5.29. The predicted molar refractivity (Wildman–Crippen MR) is 89.0 cm³/mol. The molecule has 2 heteroatoms. The molecule has 0 saturated carbocycles. The molecule has 2 nitrogen and oxygen atoms in total. The van der Waals surface area contributed by atoms with Crippen LogP contribution in [0.5, 0.6) is 5.75 Å². The number of methoxy groups -OCH3 is 1. The van der Waals surface area contributed by atoms with Crippen LogP contribution >= 0.6 is 0 Å². The van der Waals surface area contributed by atoms with Crippen LogP contribution in [0.15, 0.2) is 66.7 Å². The third kappa shape index (κ3) is 3.00. The smallest absolute Gasteiger partial charge is 0.119 e. The lowest BCUT2D eigenvalue weighted by Crippen LogP contribution is -2.06. The van der Waals surface area contributed by atoms with Crippen LogP contribution in [-0.2, 0) is 0 Å². The van der Waals surface area contributed by atoms with Crippen LogP contribution in [0.25, 0.3) is 10.8 Å². The van der Waals surface area contributed by atoms with Gasteiger partial charge in [-0.25, -0.2) is 0 Å². The minimum absolute atomic E-state index is 0.223. The van der Waals surface area contributed by atoms with E-state index in [0.717, 1.165) is 11.4 Å². The molecular formula is C19H19NO. The number of nitrogens with one attached hydrogen (secondary N) is 1. The Morgan fingerprint density at radius 3 is 2.48 bits per heavy atom. The van der Waals surface area contributed by atoms with E-state index < -0.39 is 0 Å². The molecule has 0 heterocycles. The Morgan fingerprint density at radius 2 is 1.67 bits per heavy atom. The zero-order valence-corrected chi connectivity index (χ0v) is 12.3. The number of fused-ring (bicyclic) bond motifs is 1. The Bertz CT molecular complexity index is 751. The summed E-state index contributed by atoms with van der Waals surface area (Å²) in [6.45, 7) is 2.16. The molecule has 0 aliphatic heterocycles. The number of ether oxygens (including phenoxy) is 1. The molecule has 1 unspecified atom stereocenters. The molecule has 3 aromatic carbocycles. The van der Waals surface area contributed by atoms with Gasteiger partial charge < -0.3 is 10.1 Å². The summed E-state index contributed by atoms with van der Waals surface area (Å²) >= 11 is 0. The molecule has 0 amide bonds. The van der Waals surface area contributed by atoms with E-state index in [4.69, 9.17) is 4.74 Å². The summed E-state index contributed by atoms with van der Waals surface area (Å²) in [6.07, 6.45) is 0. The number of benzene rings is 3. The van der Waals surface area contributed by atoms with Crippen LogP contribution in [0, 0.1) is 0 Å². The van der Waals surface area contributed by atoms with Gasteiger partial charge in [0.05, 0.1) is 7.11 Å². The van der Waals surface area contributed by atoms with Gasteiger partial charge in [0.1, 0.15) is 5.75 Å². The molecule has 21 heavy (non-hydrogen) atoms. The molecule has 0 radical (unpaired) electrons. The Labute approximate surface area is 125 Å². The lowest BCUT2D eigenvalue weighted by Gasteiger charge is -2.17. The highest BCUT2D eigenvalue weighted by Gasteiger charge is 2.06. The maximum atomic E-state index is 5.29. The van der Waals surface area contributed by atoms with E-state index in [1.807, 2.05) is 12.1 Å². The molecule has 0 fully saturated rings. The van der Waals surface area contributed by atoms with E-state index in [-0.39, 0.29) is 6.04 Å². The lowest BCUT2D eigenvalue weighted by atomic mass is 10.1. The van der Waals surface area contributed by atoms with Crippen LogP contribution < -0.4 is 10.1 Å². The first-order valence-electron chi connectivity index (χ1n) is 7.15. The van der Waals surface area contributed by atoms with Crippen LogP contribution in [-0.4, -0.2) is 7.11 Å². The largest absolute Gasteiger partial charge is 0.497 e. The van der Waals surface area contributed by atoms with Gasteiger partial charge in [-0.05, 0) is 47.5 Å². The van der Waals surface area contributed by atoms with Crippen LogP contribution in [0.4, 0.5) is 5.69 Å². The molecule has 1 N–H and O–H groups in total. The minimum atomic E-state index is 0.223. The molecule has 0 aliphatic rings. The second kappa shape index (κ2) is 5.88. The van der Waals surface area contributed by atoms with Gasteiger partial charge in [0.15, 0.2) is 0 Å². The average Bonchev–Trinajstić information content (AvgIpc) is 2.54. The van der Waals surface area contributed by atoms with Crippen molar-refractivity contribution in [2.75, 3.05) is 12.4 Å². The van der Waals surface area contributed by atoms with E-state index in [0.29, 0.717) is 0 Å². The van der Waals surface area contributed by atoms with E-state index in [1.165, 1.54) is 16.3 Å². The highest BCUT2D eigenvalue weighted by atomic mass is 16.5. The van der Waals surface area contributed by atoms with Gasteiger partial charge in [-0.3, -0.25) is 0 Å². The van der Waals surface area contributed by atoms with E-state index in [1.54, 1.807) is 7.11 Å². The summed E-state index contributed by atoms with van der Waals surface area (Å²) in [7, 11) is 1.69. The standard InChI is InChI=1S/C19H19NO/c1-14(16-8-5-9-19(13-16)21-2)20-18-11-10-15-6-3-4-7-17(15)12-18/h3-14,20H,1-2H3. The summed E-state index contributed by atoms with van der Waals surface area (Å²) in [6, 6.07) is 23.2. The average molecular weight is 277 g/mol. The molecule has 0 spiro atoms. The normalized spacial score (nSPS) is 12.1. The maximum Gasteiger partial charge on any atom is 0.119 e. The van der Waals surface area contributed by atoms with Crippen molar-refractivity contribution < 1.29 is 4.74 Å². The predicted octanol–water partition coefficient (Wildman–Crippen LogP) is 5.02. The molecule has 0 aromatic heterocycles. The van der Waals surface area contributed by atoms with Crippen molar-refractivity contribution in [3.8, 4) is 5.75 Å². The van der Waals surface area contributed by atoms with Crippen molar-refractivity contribution in [3.05, 3.63) is 72.3 Å². The van der Waals surface area contributed by atoms with Gasteiger partial charge in [-0.15, -0.1) is 0 Å². The summed E-state index contributed by atoms with van der Waals surface area (Å²) in [4.78, 5) is 0. The summed E-state index contributed by atoms with van der Waals surface area (Å²) in [5, 5.41) is 6.06. The first kappa shape index (κ1) is 13.5. The molecular weight excluding hydrogens is 258 g/mol. The van der Waals surface area contributed by atoms with Gasteiger partial charge in [-0.2, -0.15) is 0 Å². The van der Waals surface area contributed by atoms with Gasteiger partial charge >= 0.3 is 0 Å². The van der Waals surface area contributed by atoms with Gasteiger partial charge in [-0.1, -0.05) is 42.5 Å². The van der Waals surface area contributed by atoms with Crippen molar-refractivity contribution in [1.82, 2.24) is 0 Å². The highest BCUT2D eigenvalue weighted by Crippen LogP contribution is 2.25. The minimum Gasteiger partial charge on any atom is -0.497 e. The second-order valence-electron chi connectivity index (χ2n) is 5.20. The van der Waals surface area contributed by atoms with Crippen molar-refractivity contribution in [3.63, 3.8) is 0 Å². The Balaban J connectivity index is 1.83. The summed E-state index contributed by atoms with van der Waals surface area (Å²) in [5.74, 6) is 0.889. The number of anilines is 1. The van der Waals surface area contributed by atoms with E-state index in [2.05, 4.69) is 66.8 Å². The first-order chi connectivity index (χ1) is 10.3.